The lowest BCUT2D eigenvalue weighted by Crippen LogP contribution is -2.37. The maximum Gasteiger partial charge on any atom is 0.298 e. The summed E-state index contributed by atoms with van der Waals surface area (Å²) < 4.78 is 0. The molecular formula is C10H15NO. The normalized spacial score (nSPS) is 28.1. The predicted molar refractivity (Wildman–Crippen MR) is 48.5 cm³/mol. The summed E-state index contributed by atoms with van der Waals surface area (Å²) in [4.78, 5) is 13.3. The van der Waals surface area contributed by atoms with Crippen LogP contribution in [0.15, 0.2) is 0 Å². The van der Waals surface area contributed by atoms with E-state index in [2.05, 4.69) is 25.7 Å². The Labute approximate surface area is 73.9 Å². The van der Waals surface area contributed by atoms with E-state index in [0.717, 1.165) is 12.8 Å². The first-order valence-electron chi connectivity index (χ1n) is 4.42. The van der Waals surface area contributed by atoms with Crippen molar-refractivity contribution in [1.82, 2.24) is 4.90 Å². The molecule has 1 rings (SSSR count). The van der Waals surface area contributed by atoms with E-state index in [0.29, 0.717) is 12.1 Å². The van der Waals surface area contributed by atoms with Gasteiger partial charge >= 0.3 is 0 Å². The van der Waals surface area contributed by atoms with E-state index >= 15 is 0 Å². The number of amides is 1. The number of hydrogen-bond donors (Lipinski definition) is 0. The fourth-order valence-electron chi connectivity index (χ4n) is 1.77. The van der Waals surface area contributed by atoms with Crippen molar-refractivity contribution in [2.24, 2.45) is 0 Å². The summed E-state index contributed by atoms with van der Waals surface area (Å²) in [6.07, 6.45) is 2.22. The zero-order valence-electron chi connectivity index (χ0n) is 7.92. The average molecular weight is 165 g/mol. The van der Waals surface area contributed by atoms with Crippen molar-refractivity contribution in [2.75, 3.05) is 0 Å². The lowest BCUT2D eigenvalue weighted by atomic mass is 10.2. The molecular weight excluding hydrogens is 150 g/mol. The van der Waals surface area contributed by atoms with E-state index in [1.54, 1.807) is 6.92 Å². The first-order chi connectivity index (χ1) is 5.66. The Hall–Kier alpha value is -0.970. The van der Waals surface area contributed by atoms with Gasteiger partial charge in [-0.2, -0.15) is 0 Å². The molecule has 12 heavy (non-hydrogen) atoms. The van der Waals surface area contributed by atoms with Gasteiger partial charge in [0, 0.05) is 12.1 Å². The topological polar surface area (TPSA) is 20.3 Å². The van der Waals surface area contributed by atoms with E-state index < -0.39 is 0 Å². The van der Waals surface area contributed by atoms with E-state index in [9.17, 15) is 4.79 Å². The summed E-state index contributed by atoms with van der Waals surface area (Å²) in [6.45, 7) is 5.86. The minimum absolute atomic E-state index is 0.0185. The van der Waals surface area contributed by atoms with E-state index in [1.807, 2.05) is 4.90 Å². The summed E-state index contributed by atoms with van der Waals surface area (Å²) in [6, 6.07) is 0.738. The number of carbonyl (C=O) groups is 1. The molecule has 0 aromatic rings. The molecule has 0 aromatic carbocycles. The smallest absolute Gasteiger partial charge is 0.298 e. The number of rotatable bonds is 0. The highest BCUT2D eigenvalue weighted by Crippen LogP contribution is 2.22. The van der Waals surface area contributed by atoms with E-state index in [1.165, 1.54) is 0 Å². The van der Waals surface area contributed by atoms with Gasteiger partial charge in [0.2, 0.25) is 0 Å². The Morgan fingerprint density at radius 3 is 2.25 bits per heavy atom. The third-order valence-corrected chi connectivity index (χ3v) is 2.42. The number of likely N-dealkylation sites (tertiary alicyclic amines) is 1. The molecule has 0 radical (unpaired) electrons. The van der Waals surface area contributed by atoms with Gasteiger partial charge in [-0.15, -0.1) is 0 Å². The minimum atomic E-state index is -0.0185. The fraction of sp³-hybridized carbons (Fsp3) is 0.700. The SMILES string of the molecule is CC#CC(=O)N1[C@H](C)CC[C@H]1C. The Balaban J connectivity index is 2.70. The highest BCUT2D eigenvalue weighted by molar-refractivity contribution is 5.94. The van der Waals surface area contributed by atoms with Gasteiger partial charge in [-0.1, -0.05) is 5.92 Å². The van der Waals surface area contributed by atoms with Crippen LogP contribution in [0.25, 0.3) is 0 Å². The second-order valence-electron chi connectivity index (χ2n) is 3.36. The van der Waals surface area contributed by atoms with Crippen LogP contribution in [0.4, 0.5) is 0 Å². The minimum Gasteiger partial charge on any atom is -0.326 e. The summed E-state index contributed by atoms with van der Waals surface area (Å²) in [5.74, 6) is 5.21. The van der Waals surface area contributed by atoms with Crippen molar-refractivity contribution in [3.05, 3.63) is 0 Å². The van der Waals surface area contributed by atoms with Crippen molar-refractivity contribution in [3.63, 3.8) is 0 Å². The van der Waals surface area contributed by atoms with Crippen molar-refractivity contribution in [3.8, 4) is 11.8 Å². The molecule has 0 bridgehead atoms. The van der Waals surface area contributed by atoms with Crippen LogP contribution in [0.3, 0.4) is 0 Å². The van der Waals surface area contributed by atoms with Crippen molar-refractivity contribution in [2.45, 2.75) is 45.7 Å². The summed E-state index contributed by atoms with van der Waals surface area (Å²) in [5.41, 5.74) is 0. The zero-order chi connectivity index (χ0) is 9.14. The molecule has 2 atom stereocenters. The molecule has 0 saturated carbocycles. The largest absolute Gasteiger partial charge is 0.326 e. The number of hydrogen-bond acceptors (Lipinski definition) is 1. The predicted octanol–water partition coefficient (Wildman–Crippen LogP) is 1.41. The third kappa shape index (κ3) is 1.61. The van der Waals surface area contributed by atoms with E-state index in [-0.39, 0.29) is 5.91 Å². The first-order valence-corrected chi connectivity index (χ1v) is 4.42. The summed E-state index contributed by atoms with van der Waals surface area (Å²) in [7, 11) is 0. The molecule has 1 amide bonds. The monoisotopic (exact) mass is 165 g/mol. The summed E-state index contributed by atoms with van der Waals surface area (Å²) in [5, 5.41) is 0. The van der Waals surface area contributed by atoms with E-state index in [4.69, 9.17) is 0 Å². The second-order valence-corrected chi connectivity index (χ2v) is 3.36. The molecule has 1 heterocycles. The maximum absolute atomic E-state index is 11.4. The standard InChI is InChI=1S/C10H15NO/c1-4-5-10(12)11-8(2)6-7-9(11)3/h8-9H,6-7H2,1-3H3/t8-,9-/m1/s1. The van der Waals surface area contributed by atoms with Crippen molar-refractivity contribution in [1.29, 1.82) is 0 Å². The molecule has 0 N–H and O–H groups in total. The van der Waals surface area contributed by atoms with Gasteiger partial charge in [-0.3, -0.25) is 4.79 Å². The van der Waals surface area contributed by atoms with Crippen LogP contribution in [0.5, 0.6) is 0 Å². The molecule has 2 heteroatoms. The van der Waals surface area contributed by atoms with Gasteiger partial charge in [0.1, 0.15) is 0 Å². The lowest BCUT2D eigenvalue weighted by Gasteiger charge is -2.23. The highest BCUT2D eigenvalue weighted by Gasteiger charge is 2.30. The van der Waals surface area contributed by atoms with Crippen LogP contribution in [0.1, 0.15) is 33.6 Å². The van der Waals surface area contributed by atoms with Gasteiger partial charge < -0.3 is 4.90 Å². The zero-order valence-corrected chi connectivity index (χ0v) is 7.92. The quantitative estimate of drug-likeness (QED) is 0.497. The Bertz CT molecular complexity index is 226. The average Bonchev–Trinajstić information content (AvgIpc) is 2.32. The number of nitrogens with zero attached hydrogens (tertiary/aromatic N) is 1. The van der Waals surface area contributed by atoms with Crippen LogP contribution in [-0.2, 0) is 4.79 Å². The maximum atomic E-state index is 11.4. The molecule has 1 saturated heterocycles. The van der Waals surface area contributed by atoms with Crippen molar-refractivity contribution < 1.29 is 4.79 Å². The fourth-order valence-corrected chi connectivity index (χ4v) is 1.77. The van der Waals surface area contributed by atoms with Crippen LogP contribution in [-0.4, -0.2) is 22.9 Å². The molecule has 66 valence electrons. The molecule has 1 fully saturated rings. The number of carbonyl (C=O) groups excluding carboxylic acids is 1. The molecule has 0 aromatic heterocycles. The molecule has 0 unspecified atom stereocenters. The molecule has 0 spiro atoms. The van der Waals surface area contributed by atoms with Gasteiger partial charge in [0.15, 0.2) is 0 Å². The van der Waals surface area contributed by atoms with Crippen LogP contribution >= 0.6 is 0 Å². The van der Waals surface area contributed by atoms with Gasteiger partial charge in [-0.25, -0.2) is 0 Å². The Kier molecular flexibility index (Phi) is 2.75. The van der Waals surface area contributed by atoms with Gasteiger partial charge in [0.25, 0.3) is 5.91 Å². The Morgan fingerprint density at radius 1 is 1.33 bits per heavy atom. The molecule has 1 aliphatic rings. The van der Waals surface area contributed by atoms with Gasteiger partial charge in [-0.05, 0) is 39.5 Å². The lowest BCUT2D eigenvalue weighted by molar-refractivity contribution is -0.127. The van der Waals surface area contributed by atoms with Crippen LogP contribution < -0.4 is 0 Å². The molecule has 0 aliphatic carbocycles. The molecule has 1 aliphatic heterocycles. The second kappa shape index (κ2) is 3.62. The van der Waals surface area contributed by atoms with Crippen LogP contribution in [0, 0.1) is 11.8 Å². The Morgan fingerprint density at radius 2 is 1.83 bits per heavy atom. The van der Waals surface area contributed by atoms with Crippen molar-refractivity contribution >= 4 is 5.91 Å². The first kappa shape index (κ1) is 9.12. The molecule has 2 nitrogen and oxygen atoms in total. The summed E-state index contributed by atoms with van der Waals surface area (Å²) >= 11 is 0. The van der Waals surface area contributed by atoms with Gasteiger partial charge in [0.05, 0.1) is 0 Å². The van der Waals surface area contributed by atoms with Crippen LogP contribution in [0.2, 0.25) is 0 Å². The third-order valence-electron chi connectivity index (χ3n) is 2.42. The highest BCUT2D eigenvalue weighted by atomic mass is 16.2.